The van der Waals surface area contributed by atoms with Crippen molar-refractivity contribution in [1.29, 1.82) is 0 Å². The number of fused-ring (bicyclic) bond motifs is 2. The molecule has 0 saturated carbocycles. The van der Waals surface area contributed by atoms with Crippen molar-refractivity contribution < 1.29 is 9.59 Å². The summed E-state index contributed by atoms with van der Waals surface area (Å²) in [5.74, 6) is 0.381. The third-order valence-electron chi connectivity index (χ3n) is 4.86. The summed E-state index contributed by atoms with van der Waals surface area (Å²) < 4.78 is 1.97. The van der Waals surface area contributed by atoms with Crippen LogP contribution in [0.3, 0.4) is 0 Å². The van der Waals surface area contributed by atoms with Crippen LogP contribution in [0.25, 0.3) is 11.0 Å². The topological polar surface area (TPSA) is 79.8 Å². The maximum absolute atomic E-state index is 12.8. The summed E-state index contributed by atoms with van der Waals surface area (Å²) in [4.78, 5) is 32.6. The number of rotatable bonds is 3. The van der Waals surface area contributed by atoms with E-state index in [1.54, 1.807) is 0 Å². The van der Waals surface area contributed by atoms with Gasteiger partial charge in [-0.2, -0.15) is 0 Å². The second-order valence-electron chi connectivity index (χ2n) is 6.38. The van der Waals surface area contributed by atoms with Gasteiger partial charge in [0, 0.05) is 24.2 Å². The highest BCUT2D eigenvalue weighted by Crippen LogP contribution is 2.27. The van der Waals surface area contributed by atoms with Crippen LogP contribution in [0.5, 0.6) is 0 Å². The second-order valence-corrected chi connectivity index (χ2v) is 6.38. The number of H-pyrrole nitrogens is 1. The first-order chi connectivity index (χ1) is 12.1. The average molecular weight is 336 g/mol. The lowest BCUT2D eigenvalue weighted by Crippen LogP contribution is -2.17. The number of nitrogens with zero attached hydrogens (tertiary/aromatic N) is 2. The van der Waals surface area contributed by atoms with Gasteiger partial charge in [-0.25, -0.2) is 4.98 Å². The molecule has 0 fully saturated rings. The van der Waals surface area contributed by atoms with Crippen molar-refractivity contribution >= 4 is 28.7 Å². The fourth-order valence-electron chi connectivity index (χ4n) is 3.66. The highest BCUT2D eigenvalue weighted by atomic mass is 16.2. The van der Waals surface area contributed by atoms with Gasteiger partial charge < -0.3 is 9.55 Å². The number of amides is 1. The van der Waals surface area contributed by atoms with Crippen LogP contribution in [0.4, 0.5) is 5.95 Å². The number of nitrogens with one attached hydrogen (secondary N) is 2. The van der Waals surface area contributed by atoms with Crippen LogP contribution < -0.4 is 5.32 Å². The number of Topliss-reactive ketones (excluding diaryl/α,β-unsaturated/α-hetero) is 1. The number of aromatic amines is 1. The van der Waals surface area contributed by atoms with Gasteiger partial charge in [0.1, 0.15) is 5.69 Å². The zero-order valence-electron chi connectivity index (χ0n) is 14.3. The Balaban J connectivity index is 1.71. The van der Waals surface area contributed by atoms with Crippen LogP contribution in [-0.2, 0) is 13.0 Å². The number of ketones is 1. The second kappa shape index (κ2) is 5.88. The van der Waals surface area contributed by atoms with Gasteiger partial charge in [-0.15, -0.1) is 0 Å². The molecule has 0 saturated heterocycles. The molecule has 6 heteroatoms. The molecule has 3 aromatic rings. The standard InChI is InChI=1S/C19H20N4O2/c1-3-23-14-9-5-4-7-12(14)21-19(23)22-18(25)17-11(2)16-13(20-17)8-6-10-15(16)24/h4-5,7,9,20H,3,6,8,10H2,1-2H3,(H,21,22,25). The minimum Gasteiger partial charge on any atom is -0.354 e. The predicted octanol–water partition coefficient (Wildman–Crippen LogP) is 3.46. The number of anilines is 1. The van der Waals surface area contributed by atoms with Crippen molar-refractivity contribution in [3.63, 3.8) is 0 Å². The molecule has 1 aromatic carbocycles. The van der Waals surface area contributed by atoms with E-state index in [0.717, 1.165) is 35.1 Å². The first-order valence-corrected chi connectivity index (χ1v) is 8.61. The Bertz CT molecular complexity index is 996. The van der Waals surface area contributed by atoms with E-state index in [0.29, 0.717) is 30.2 Å². The number of carbonyl (C=O) groups is 2. The number of para-hydroxylation sites is 2. The van der Waals surface area contributed by atoms with Gasteiger partial charge in [0.15, 0.2) is 5.78 Å². The molecule has 0 unspecified atom stereocenters. The predicted molar refractivity (Wildman–Crippen MR) is 96.2 cm³/mol. The molecule has 2 N–H and O–H groups in total. The Morgan fingerprint density at radius 2 is 2.12 bits per heavy atom. The van der Waals surface area contributed by atoms with Crippen LogP contribution in [0, 0.1) is 6.92 Å². The number of carbonyl (C=O) groups excluding carboxylic acids is 2. The fraction of sp³-hybridized carbons (Fsp3) is 0.316. The average Bonchev–Trinajstić information content (AvgIpc) is 3.13. The van der Waals surface area contributed by atoms with Gasteiger partial charge in [-0.05, 0) is 44.4 Å². The summed E-state index contributed by atoms with van der Waals surface area (Å²) >= 11 is 0. The molecule has 25 heavy (non-hydrogen) atoms. The van der Waals surface area contributed by atoms with Gasteiger partial charge in [-0.1, -0.05) is 12.1 Å². The Hall–Kier alpha value is -2.89. The van der Waals surface area contributed by atoms with Gasteiger partial charge in [0.25, 0.3) is 5.91 Å². The number of aromatic nitrogens is 3. The Morgan fingerprint density at radius 1 is 1.32 bits per heavy atom. The molecule has 1 aliphatic rings. The third-order valence-corrected chi connectivity index (χ3v) is 4.86. The molecule has 0 bridgehead atoms. The van der Waals surface area contributed by atoms with Crippen molar-refractivity contribution in [1.82, 2.24) is 14.5 Å². The monoisotopic (exact) mass is 336 g/mol. The van der Waals surface area contributed by atoms with E-state index in [1.807, 2.05) is 42.7 Å². The molecular weight excluding hydrogens is 316 g/mol. The Kier molecular flexibility index (Phi) is 3.67. The zero-order valence-corrected chi connectivity index (χ0v) is 14.3. The lowest BCUT2D eigenvalue weighted by Gasteiger charge is -2.09. The zero-order chi connectivity index (χ0) is 17.6. The number of benzene rings is 1. The number of hydrogen-bond donors (Lipinski definition) is 2. The van der Waals surface area contributed by atoms with Crippen molar-refractivity contribution in [3.05, 3.63) is 46.8 Å². The van der Waals surface area contributed by atoms with Gasteiger partial charge in [0.05, 0.1) is 11.0 Å². The highest BCUT2D eigenvalue weighted by molar-refractivity contribution is 6.08. The molecule has 6 nitrogen and oxygen atoms in total. The largest absolute Gasteiger partial charge is 0.354 e. The summed E-state index contributed by atoms with van der Waals surface area (Å²) in [5.41, 5.74) is 4.59. The normalized spacial score (nSPS) is 13.9. The molecule has 1 amide bonds. The molecule has 128 valence electrons. The van der Waals surface area contributed by atoms with Gasteiger partial charge >= 0.3 is 0 Å². The number of hydrogen-bond acceptors (Lipinski definition) is 3. The number of imidazole rings is 1. The molecule has 4 rings (SSSR count). The van der Waals surface area contributed by atoms with Gasteiger partial charge in [-0.3, -0.25) is 14.9 Å². The first kappa shape index (κ1) is 15.6. The molecular formula is C19H20N4O2. The lowest BCUT2D eigenvalue weighted by molar-refractivity contribution is 0.0971. The SMILES string of the molecule is CCn1c(NC(=O)c2[nH]c3c(c2C)C(=O)CCC3)nc2ccccc21. The molecule has 0 atom stereocenters. The van der Waals surface area contributed by atoms with E-state index in [9.17, 15) is 9.59 Å². The van der Waals surface area contributed by atoms with Crippen LogP contribution in [-0.4, -0.2) is 26.2 Å². The molecule has 0 spiro atoms. The number of aryl methyl sites for hydroxylation is 2. The van der Waals surface area contributed by atoms with Crippen molar-refractivity contribution in [2.45, 2.75) is 39.7 Å². The van der Waals surface area contributed by atoms with Crippen LogP contribution in [0.15, 0.2) is 24.3 Å². The van der Waals surface area contributed by atoms with Crippen molar-refractivity contribution in [3.8, 4) is 0 Å². The smallest absolute Gasteiger partial charge is 0.274 e. The van der Waals surface area contributed by atoms with Crippen LogP contribution in [0.1, 0.15) is 51.9 Å². The molecule has 0 aliphatic heterocycles. The Labute approximate surface area is 145 Å². The summed E-state index contributed by atoms with van der Waals surface area (Å²) in [7, 11) is 0. The van der Waals surface area contributed by atoms with Crippen LogP contribution in [0.2, 0.25) is 0 Å². The quantitative estimate of drug-likeness (QED) is 0.768. The minimum absolute atomic E-state index is 0.120. The molecule has 1 aliphatic carbocycles. The van der Waals surface area contributed by atoms with E-state index in [4.69, 9.17) is 0 Å². The van der Waals surface area contributed by atoms with E-state index < -0.39 is 0 Å². The third kappa shape index (κ3) is 2.45. The van der Waals surface area contributed by atoms with Crippen LogP contribution >= 0.6 is 0 Å². The van der Waals surface area contributed by atoms with E-state index >= 15 is 0 Å². The van der Waals surface area contributed by atoms with E-state index in [1.165, 1.54) is 0 Å². The lowest BCUT2D eigenvalue weighted by atomic mass is 9.94. The van der Waals surface area contributed by atoms with E-state index in [2.05, 4.69) is 15.3 Å². The van der Waals surface area contributed by atoms with Crippen molar-refractivity contribution in [2.24, 2.45) is 0 Å². The molecule has 2 heterocycles. The first-order valence-electron chi connectivity index (χ1n) is 8.61. The highest BCUT2D eigenvalue weighted by Gasteiger charge is 2.27. The summed E-state index contributed by atoms with van der Waals surface area (Å²) in [6.07, 6.45) is 2.19. The van der Waals surface area contributed by atoms with Crippen molar-refractivity contribution in [2.75, 3.05) is 5.32 Å². The fourth-order valence-corrected chi connectivity index (χ4v) is 3.66. The van der Waals surface area contributed by atoms with Gasteiger partial charge in [0.2, 0.25) is 5.95 Å². The maximum Gasteiger partial charge on any atom is 0.274 e. The summed E-state index contributed by atoms with van der Waals surface area (Å²) in [6.45, 7) is 4.55. The molecule has 0 radical (unpaired) electrons. The van der Waals surface area contributed by atoms with E-state index in [-0.39, 0.29) is 11.7 Å². The summed E-state index contributed by atoms with van der Waals surface area (Å²) in [6, 6.07) is 7.79. The minimum atomic E-state index is -0.260. The Morgan fingerprint density at radius 3 is 2.88 bits per heavy atom. The summed E-state index contributed by atoms with van der Waals surface area (Å²) in [5, 5.41) is 2.90. The molecule has 2 aromatic heterocycles. The maximum atomic E-state index is 12.8.